The first-order chi connectivity index (χ1) is 10.1. The van der Waals surface area contributed by atoms with Crippen LogP contribution in [-0.4, -0.2) is 29.6 Å². The number of carboxylic acid groups (broad SMARTS) is 1. The molecule has 3 rings (SSSR count). The van der Waals surface area contributed by atoms with Crippen LogP contribution in [-0.2, 0) is 17.8 Å². The van der Waals surface area contributed by atoms with Gasteiger partial charge in [0.15, 0.2) is 0 Å². The second-order valence-corrected chi connectivity index (χ2v) is 5.89. The van der Waals surface area contributed by atoms with Crippen molar-refractivity contribution in [2.24, 2.45) is 5.92 Å². The highest BCUT2D eigenvalue weighted by Gasteiger charge is 2.31. The van der Waals surface area contributed by atoms with E-state index in [1.165, 1.54) is 5.56 Å². The van der Waals surface area contributed by atoms with E-state index in [2.05, 4.69) is 10.6 Å². The van der Waals surface area contributed by atoms with E-state index in [0.717, 1.165) is 37.1 Å². The minimum atomic E-state index is -0.755. The Kier molecular flexibility index (Phi) is 3.92. The molecule has 112 valence electrons. The number of hydrogen-bond acceptors (Lipinski definition) is 3. The lowest BCUT2D eigenvalue weighted by atomic mass is 9.95. The predicted molar refractivity (Wildman–Crippen MR) is 78.1 cm³/mol. The number of amides is 1. The second kappa shape index (κ2) is 5.85. The molecule has 1 aromatic carbocycles. The van der Waals surface area contributed by atoms with Crippen LogP contribution in [0.4, 0.5) is 0 Å². The molecule has 2 unspecified atom stereocenters. The molecule has 0 radical (unpaired) electrons. The van der Waals surface area contributed by atoms with Crippen LogP contribution in [0.1, 0.15) is 40.7 Å². The van der Waals surface area contributed by atoms with Crippen molar-refractivity contribution in [3.05, 3.63) is 34.9 Å². The van der Waals surface area contributed by atoms with Crippen LogP contribution in [0.5, 0.6) is 0 Å². The van der Waals surface area contributed by atoms with Gasteiger partial charge < -0.3 is 15.7 Å². The predicted octanol–water partition coefficient (Wildman–Crippen LogP) is 1.32. The number of carboxylic acids is 1. The van der Waals surface area contributed by atoms with E-state index < -0.39 is 5.97 Å². The number of carbonyl (C=O) groups is 2. The summed E-state index contributed by atoms with van der Waals surface area (Å²) in [7, 11) is 0. The third-order valence-electron chi connectivity index (χ3n) is 4.50. The Morgan fingerprint density at radius 2 is 2.14 bits per heavy atom. The molecule has 5 nitrogen and oxygen atoms in total. The van der Waals surface area contributed by atoms with Crippen molar-refractivity contribution in [1.29, 1.82) is 0 Å². The van der Waals surface area contributed by atoms with Gasteiger partial charge in [0.05, 0.1) is 5.92 Å². The first-order valence-electron chi connectivity index (χ1n) is 7.50. The van der Waals surface area contributed by atoms with Crippen molar-refractivity contribution in [2.45, 2.75) is 38.3 Å². The van der Waals surface area contributed by atoms with Gasteiger partial charge >= 0.3 is 5.97 Å². The molecule has 21 heavy (non-hydrogen) atoms. The third kappa shape index (κ3) is 2.93. The third-order valence-corrected chi connectivity index (χ3v) is 4.50. The Balaban J connectivity index is 1.70. The summed E-state index contributed by atoms with van der Waals surface area (Å²) in [5.74, 6) is -1.14. The van der Waals surface area contributed by atoms with Crippen LogP contribution in [0.15, 0.2) is 18.2 Å². The summed E-state index contributed by atoms with van der Waals surface area (Å²) in [5.41, 5.74) is 3.05. The number of hydrogen-bond donors (Lipinski definition) is 3. The van der Waals surface area contributed by atoms with Gasteiger partial charge in [-0.05, 0) is 49.4 Å². The van der Waals surface area contributed by atoms with Crippen molar-refractivity contribution >= 4 is 11.9 Å². The van der Waals surface area contributed by atoms with E-state index in [1.807, 2.05) is 18.2 Å². The molecule has 0 saturated heterocycles. The Morgan fingerprint density at radius 3 is 2.90 bits per heavy atom. The zero-order valence-corrected chi connectivity index (χ0v) is 11.9. The van der Waals surface area contributed by atoms with Crippen molar-refractivity contribution in [1.82, 2.24) is 10.6 Å². The van der Waals surface area contributed by atoms with Crippen LogP contribution in [0.25, 0.3) is 0 Å². The van der Waals surface area contributed by atoms with E-state index in [-0.39, 0.29) is 17.9 Å². The molecule has 1 aliphatic heterocycles. The SMILES string of the molecule is O=C(NC1CCC(C(=O)O)C1)c1cccc2c1CCNC2. The molecule has 1 aliphatic carbocycles. The van der Waals surface area contributed by atoms with Gasteiger partial charge in [0.2, 0.25) is 0 Å². The topological polar surface area (TPSA) is 78.4 Å². The maximum absolute atomic E-state index is 12.5. The molecule has 1 saturated carbocycles. The average molecular weight is 288 g/mol. The van der Waals surface area contributed by atoms with Crippen LogP contribution >= 0.6 is 0 Å². The number of aliphatic carboxylic acids is 1. The number of benzene rings is 1. The van der Waals surface area contributed by atoms with Crippen molar-refractivity contribution in [3.63, 3.8) is 0 Å². The molecular weight excluding hydrogens is 268 g/mol. The first-order valence-corrected chi connectivity index (χ1v) is 7.50. The molecule has 2 aliphatic rings. The molecule has 0 spiro atoms. The van der Waals surface area contributed by atoms with Gasteiger partial charge in [-0.2, -0.15) is 0 Å². The van der Waals surface area contributed by atoms with Crippen molar-refractivity contribution in [3.8, 4) is 0 Å². The lowest BCUT2D eigenvalue weighted by Crippen LogP contribution is -2.35. The van der Waals surface area contributed by atoms with Crippen LogP contribution in [0, 0.1) is 5.92 Å². The van der Waals surface area contributed by atoms with Gasteiger partial charge in [-0.15, -0.1) is 0 Å². The average Bonchev–Trinajstić information content (AvgIpc) is 2.95. The molecule has 2 atom stereocenters. The van der Waals surface area contributed by atoms with Gasteiger partial charge in [-0.3, -0.25) is 9.59 Å². The molecule has 0 bridgehead atoms. The van der Waals surface area contributed by atoms with Crippen LogP contribution in [0.3, 0.4) is 0 Å². The summed E-state index contributed by atoms with van der Waals surface area (Å²) < 4.78 is 0. The molecule has 1 aromatic rings. The van der Waals surface area contributed by atoms with E-state index in [4.69, 9.17) is 5.11 Å². The fraction of sp³-hybridized carbons (Fsp3) is 0.500. The van der Waals surface area contributed by atoms with Gasteiger partial charge in [0.1, 0.15) is 0 Å². The number of fused-ring (bicyclic) bond motifs is 1. The van der Waals surface area contributed by atoms with E-state index in [9.17, 15) is 9.59 Å². The monoisotopic (exact) mass is 288 g/mol. The molecule has 0 aromatic heterocycles. The Bertz CT molecular complexity index is 571. The fourth-order valence-electron chi connectivity index (χ4n) is 3.34. The standard InChI is InChI=1S/C16H20N2O3/c19-15(18-12-5-4-10(8-12)16(20)21)14-3-1-2-11-9-17-7-6-13(11)14/h1-3,10,12,17H,4-9H2,(H,18,19)(H,20,21). The highest BCUT2D eigenvalue weighted by molar-refractivity contribution is 5.96. The Labute approximate surface area is 123 Å². The Morgan fingerprint density at radius 1 is 1.29 bits per heavy atom. The second-order valence-electron chi connectivity index (χ2n) is 5.89. The number of nitrogens with one attached hydrogen (secondary N) is 2. The highest BCUT2D eigenvalue weighted by atomic mass is 16.4. The summed E-state index contributed by atoms with van der Waals surface area (Å²) >= 11 is 0. The maximum Gasteiger partial charge on any atom is 0.306 e. The van der Waals surface area contributed by atoms with Crippen molar-refractivity contribution < 1.29 is 14.7 Å². The largest absolute Gasteiger partial charge is 0.481 e. The normalized spacial score (nSPS) is 24.4. The summed E-state index contributed by atoms with van der Waals surface area (Å²) in [6.45, 7) is 1.70. The highest BCUT2D eigenvalue weighted by Crippen LogP contribution is 2.26. The van der Waals surface area contributed by atoms with Crippen molar-refractivity contribution in [2.75, 3.05) is 6.54 Å². The van der Waals surface area contributed by atoms with E-state index >= 15 is 0 Å². The summed E-state index contributed by atoms with van der Waals surface area (Å²) in [4.78, 5) is 23.4. The summed E-state index contributed by atoms with van der Waals surface area (Å²) in [6, 6.07) is 5.81. The molecule has 5 heteroatoms. The zero-order chi connectivity index (χ0) is 14.8. The first kappa shape index (κ1) is 14.1. The minimum Gasteiger partial charge on any atom is -0.481 e. The van der Waals surface area contributed by atoms with Gasteiger partial charge in [0.25, 0.3) is 5.91 Å². The quantitative estimate of drug-likeness (QED) is 0.784. The fourth-order valence-corrected chi connectivity index (χ4v) is 3.34. The van der Waals surface area contributed by atoms with Crippen LogP contribution in [0.2, 0.25) is 0 Å². The number of carbonyl (C=O) groups excluding carboxylic acids is 1. The maximum atomic E-state index is 12.5. The van der Waals surface area contributed by atoms with Gasteiger partial charge in [0, 0.05) is 18.2 Å². The number of rotatable bonds is 3. The van der Waals surface area contributed by atoms with Gasteiger partial charge in [-0.1, -0.05) is 12.1 Å². The molecule has 3 N–H and O–H groups in total. The molecule has 1 heterocycles. The minimum absolute atomic E-state index is 0.0174. The lowest BCUT2D eigenvalue weighted by Gasteiger charge is -2.21. The lowest BCUT2D eigenvalue weighted by molar-refractivity contribution is -0.141. The molecular formula is C16H20N2O3. The van der Waals surface area contributed by atoms with Crippen LogP contribution < -0.4 is 10.6 Å². The summed E-state index contributed by atoms with van der Waals surface area (Å²) in [5, 5.41) is 15.3. The van der Waals surface area contributed by atoms with E-state index in [1.54, 1.807) is 0 Å². The van der Waals surface area contributed by atoms with Gasteiger partial charge in [-0.25, -0.2) is 0 Å². The smallest absolute Gasteiger partial charge is 0.306 e. The Hall–Kier alpha value is -1.88. The zero-order valence-electron chi connectivity index (χ0n) is 11.9. The van der Waals surface area contributed by atoms with E-state index in [0.29, 0.717) is 12.8 Å². The molecule has 1 fully saturated rings. The summed E-state index contributed by atoms with van der Waals surface area (Å²) in [6.07, 6.45) is 2.80. The molecule has 1 amide bonds.